The number of halogens is 1. The Hall–Kier alpha value is -1.65. The first-order valence-corrected chi connectivity index (χ1v) is 7.12. The number of anilines is 1. The third-order valence-electron chi connectivity index (χ3n) is 3.05. The third kappa shape index (κ3) is 3.92. The van der Waals surface area contributed by atoms with Gasteiger partial charge >= 0.3 is 0 Å². The van der Waals surface area contributed by atoms with Gasteiger partial charge in [-0.2, -0.15) is 0 Å². The lowest BCUT2D eigenvalue weighted by atomic mass is 10.1. The van der Waals surface area contributed by atoms with Gasteiger partial charge in [0.25, 0.3) is 0 Å². The molecule has 0 saturated heterocycles. The summed E-state index contributed by atoms with van der Waals surface area (Å²) in [5, 5.41) is 11.9. The number of carbonyl (C=O) groups is 1. The molecule has 0 bridgehead atoms. The Kier molecular flexibility index (Phi) is 4.93. The van der Waals surface area contributed by atoms with Gasteiger partial charge in [0, 0.05) is 10.2 Å². The third-order valence-corrected chi connectivity index (χ3v) is 3.54. The highest BCUT2D eigenvalue weighted by atomic mass is 79.9. The molecule has 20 heavy (non-hydrogen) atoms. The Balaban J connectivity index is 2.05. The second kappa shape index (κ2) is 6.68. The maximum atomic E-state index is 12.0. The van der Waals surface area contributed by atoms with E-state index in [2.05, 4.69) is 21.2 Å². The predicted octanol–water partition coefficient (Wildman–Crippen LogP) is 3.43. The van der Waals surface area contributed by atoms with Crippen molar-refractivity contribution in [2.45, 2.75) is 20.0 Å². The fourth-order valence-electron chi connectivity index (χ4n) is 1.98. The van der Waals surface area contributed by atoms with Gasteiger partial charge in [-0.3, -0.25) is 4.79 Å². The molecule has 104 valence electrons. The topological polar surface area (TPSA) is 49.3 Å². The summed E-state index contributed by atoms with van der Waals surface area (Å²) in [5.41, 5.74) is 3.57. The molecule has 2 aromatic rings. The lowest BCUT2D eigenvalue weighted by Gasteiger charge is -2.08. The number of aliphatic hydroxyl groups excluding tert-OH is 1. The van der Waals surface area contributed by atoms with E-state index < -0.39 is 0 Å². The Morgan fingerprint density at radius 1 is 1.25 bits per heavy atom. The van der Waals surface area contributed by atoms with E-state index in [0.717, 1.165) is 21.2 Å². The van der Waals surface area contributed by atoms with Crippen LogP contribution in [0.15, 0.2) is 46.9 Å². The minimum Gasteiger partial charge on any atom is -0.392 e. The first kappa shape index (κ1) is 14.8. The van der Waals surface area contributed by atoms with Crippen molar-refractivity contribution in [2.24, 2.45) is 0 Å². The van der Waals surface area contributed by atoms with Crippen LogP contribution < -0.4 is 5.32 Å². The van der Waals surface area contributed by atoms with Crippen LogP contribution in [0.2, 0.25) is 0 Å². The highest BCUT2D eigenvalue weighted by Crippen LogP contribution is 2.17. The van der Waals surface area contributed by atoms with Gasteiger partial charge in [-0.05, 0) is 47.9 Å². The average molecular weight is 334 g/mol. The molecule has 0 aliphatic heterocycles. The second-order valence-electron chi connectivity index (χ2n) is 4.65. The number of hydrogen-bond donors (Lipinski definition) is 2. The van der Waals surface area contributed by atoms with Crippen LogP contribution in [0.1, 0.15) is 16.7 Å². The number of hydrogen-bond acceptors (Lipinski definition) is 2. The van der Waals surface area contributed by atoms with Crippen molar-refractivity contribution in [2.75, 3.05) is 5.32 Å². The molecule has 0 aliphatic rings. The molecule has 0 spiro atoms. The normalized spacial score (nSPS) is 10.3. The molecular formula is C16H16BrNO2. The molecule has 0 unspecified atom stereocenters. The maximum Gasteiger partial charge on any atom is 0.228 e. The molecule has 2 N–H and O–H groups in total. The number of amides is 1. The average Bonchev–Trinajstić information content (AvgIpc) is 2.42. The number of aliphatic hydroxyl groups is 1. The van der Waals surface area contributed by atoms with Crippen molar-refractivity contribution in [1.29, 1.82) is 0 Å². The largest absolute Gasteiger partial charge is 0.392 e. The van der Waals surface area contributed by atoms with E-state index in [9.17, 15) is 4.79 Å². The molecule has 2 aromatic carbocycles. The van der Waals surface area contributed by atoms with Gasteiger partial charge in [-0.25, -0.2) is 0 Å². The van der Waals surface area contributed by atoms with Crippen molar-refractivity contribution < 1.29 is 9.90 Å². The predicted molar refractivity (Wildman–Crippen MR) is 83.6 cm³/mol. The summed E-state index contributed by atoms with van der Waals surface area (Å²) < 4.78 is 1.01. The molecule has 0 heterocycles. The highest BCUT2D eigenvalue weighted by molar-refractivity contribution is 9.10. The van der Waals surface area contributed by atoms with Crippen LogP contribution in [0, 0.1) is 6.92 Å². The second-order valence-corrected chi connectivity index (χ2v) is 5.57. The zero-order valence-electron chi connectivity index (χ0n) is 11.2. The molecule has 2 rings (SSSR count). The van der Waals surface area contributed by atoms with Gasteiger partial charge in [0.1, 0.15) is 0 Å². The number of carbonyl (C=O) groups excluding carboxylic acids is 1. The quantitative estimate of drug-likeness (QED) is 0.900. The summed E-state index contributed by atoms with van der Waals surface area (Å²) in [6, 6.07) is 13.1. The molecule has 0 aromatic heterocycles. The SMILES string of the molecule is Cc1cc(Br)ccc1CC(=O)Nc1cccc(CO)c1. The van der Waals surface area contributed by atoms with E-state index in [0.29, 0.717) is 12.1 Å². The van der Waals surface area contributed by atoms with Crippen molar-refractivity contribution in [1.82, 2.24) is 0 Å². The van der Waals surface area contributed by atoms with E-state index in [1.807, 2.05) is 43.3 Å². The van der Waals surface area contributed by atoms with Crippen LogP contribution in [0.3, 0.4) is 0 Å². The van der Waals surface area contributed by atoms with E-state index in [1.165, 1.54) is 0 Å². The van der Waals surface area contributed by atoms with E-state index >= 15 is 0 Å². The molecule has 3 nitrogen and oxygen atoms in total. The monoisotopic (exact) mass is 333 g/mol. The molecule has 1 amide bonds. The fourth-order valence-corrected chi connectivity index (χ4v) is 2.46. The van der Waals surface area contributed by atoms with Crippen LogP contribution in [0.25, 0.3) is 0 Å². The number of rotatable bonds is 4. The minimum absolute atomic E-state index is 0.0322. The standard InChI is InChI=1S/C16H16BrNO2/c1-11-7-14(17)6-5-13(11)9-16(20)18-15-4-2-3-12(8-15)10-19/h2-8,19H,9-10H2,1H3,(H,18,20). The molecular weight excluding hydrogens is 318 g/mol. The summed E-state index contributed by atoms with van der Waals surface area (Å²) in [6.07, 6.45) is 0.336. The maximum absolute atomic E-state index is 12.0. The van der Waals surface area contributed by atoms with Gasteiger partial charge in [-0.15, -0.1) is 0 Å². The fraction of sp³-hybridized carbons (Fsp3) is 0.188. The van der Waals surface area contributed by atoms with Crippen molar-refractivity contribution in [3.8, 4) is 0 Å². The Morgan fingerprint density at radius 2 is 2.05 bits per heavy atom. The summed E-state index contributed by atoms with van der Waals surface area (Å²) in [7, 11) is 0. The molecule has 0 fully saturated rings. The van der Waals surface area contributed by atoms with Gasteiger partial charge in [0.2, 0.25) is 5.91 Å². The van der Waals surface area contributed by atoms with Crippen LogP contribution >= 0.6 is 15.9 Å². The number of benzene rings is 2. The summed E-state index contributed by atoms with van der Waals surface area (Å²) in [4.78, 5) is 12.0. The van der Waals surface area contributed by atoms with Crippen LogP contribution in [0.5, 0.6) is 0 Å². The van der Waals surface area contributed by atoms with Gasteiger partial charge in [-0.1, -0.05) is 34.1 Å². The molecule has 0 saturated carbocycles. The van der Waals surface area contributed by atoms with Gasteiger partial charge in [0.15, 0.2) is 0 Å². The molecule has 0 atom stereocenters. The lowest BCUT2D eigenvalue weighted by molar-refractivity contribution is -0.115. The molecule has 0 radical (unpaired) electrons. The Morgan fingerprint density at radius 3 is 2.75 bits per heavy atom. The minimum atomic E-state index is -0.0643. The van der Waals surface area contributed by atoms with E-state index in [-0.39, 0.29) is 12.5 Å². The van der Waals surface area contributed by atoms with Crippen LogP contribution in [0.4, 0.5) is 5.69 Å². The Bertz CT molecular complexity index is 626. The van der Waals surface area contributed by atoms with E-state index in [4.69, 9.17) is 5.11 Å². The summed E-state index contributed by atoms with van der Waals surface area (Å²) >= 11 is 3.41. The van der Waals surface area contributed by atoms with Crippen molar-refractivity contribution in [3.63, 3.8) is 0 Å². The van der Waals surface area contributed by atoms with Gasteiger partial charge < -0.3 is 10.4 Å². The number of nitrogens with one attached hydrogen (secondary N) is 1. The Labute approximate surface area is 126 Å². The lowest BCUT2D eigenvalue weighted by Crippen LogP contribution is -2.15. The van der Waals surface area contributed by atoms with Crippen molar-refractivity contribution in [3.05, 3.63) is 63.6 Å². The van der Waals surface area contributed by atoms with Crippen molar-refractivity contribution >= 4 is 27.5 Å². The molecule has 0 aliphatic carbocycles. The van der Waals surface area contributed by atoms with Crippen LogP contribution in [-0.4, -0.2) is 11.0 Å². The smallest absolute Gasteiger partial charge is 0.228 e. The first-order valence-electron chi connectivity index (χ1n) is 6.33. The summed E-state index contributed by atoms with van der Waals surface area (Å²) in [6.45, 7) is 1.95. The van der Waals surface area contributed by atoms with Crippen LogP contribution in [-0.2, 0) is 17.8 Å². The molecule has 4 heteroatoms. The zero-order chi connectivity index (χ0) is 14.5. The first-order chi connectivity index (χ1) is 9.58. The van der Waals surface area contributed by atoms with E-state index in [1.54, 1.807) is 6.07 Å². The zero-order valence-corrected chi connectivity index (χ0v) is 12.8. The summed E-state index contributed by atoms with van der Waals surface area (Å²) in [5.74, 6) is -0.0643. The van der Waals surface area contributed by atoms with Gasteiger partial charge in [0.05, 0.1) is 13.0 Å². The highest BCUT2D eigenvalue weighted by Gasteiger charge is 2.07. The number of aryl methyl sites for hydroxylation is 1.